The molecule has 0 aliphatic carbocycles. The predicted octanol–water partition coefficient (Wildman–Crippen LogP) is 2.31. The Kier molecular flexibility index (Phi) is 4.34. The molecule has 0 spiro atoms. The minimum Gasteiger partial charge on any atom is -0.484 e. The summed E-state index contributed by atoms with van der Waals surface area (Å²) in [7, 11) is 0. The summed E-state index contributed by atoms with van der Waals surface area (Å²) in [5.74, 6) is 0.401. The molecule has 4 nitrogen and oxygen atoms in total. The zero-order chi connectivity index (χ0) is 13.0. The summed E-state index contributed by atoms with van der Waals surface area (Å²) >= 11 is 3.28. The van der Waals surface area contributed by atoms with Crippen molar-refractivity contribution < 1.29 is 14.3 Å². The molecule has 1 unspecified atom stereocenters. The van der Waals surface area contributed by atoms with Crippen LogP contribution in [0.2, 0.25) is 0 Å². The van der Waals surface area contributed by atoms with E-state index in [9.17, 15) is 4.79 Å². The summed E-state index contributed by atoms with van der Waals surface area (Å²) in [5, 5.41) is 8.96. The number of carbonyl (C=O) groups is 1. The van der Waals surface area contributed by atoms with Crippen molar-refractivity contribution in [2.24, 2.45) is 5.92 Å². The van der Waals surface area contributed by atoms with Gasteiger partial charge in [-0.25, -0.2) is 0 Å². The molecule has 5 heteroatoms. The smallest absolute Gasteiger partial charge is 0.175 e. The number of halogens is 1. The van der Waals surface area contributed by atoms with Crippen molar-refractivity contribution >= 4 is 21.7 Å². The number of nitriles is 1. The Morgan fingerprint density at radius 2 is 2.44 bits per heavy atom. The molecule has 1 aromatic carbocycles. The first kappa shape index (κ1) is 13.1. The number of ketones is 1. The first-order valence-electron chi connectivity index (χ1n) is 5.63. The molecule has 1 aliphatic rings. The minimum absolute atomic E-state index is 0.00958. The van der Waals surface area contributed by atoms with Gasteiger partial charge >= 0.3 is 0 Å². The number of nitrogens with zero attached hydrogens (tertiary/aromatic N) is 1. The van der Waals surface area contributed by atoms with E-state index in [-0.39, 0.29) is 18.3 Å². The van der Waals surface area contributed by atoms with E-state index in [1.165, 1.54) is 0 Å². The zero-order valence-electron chi connectivity index (χ0n) is 9.69. The molecule has 0 radical (unpaired) electrons. The van der Waals surface area contributed by atoms with E-state index in [2.05, 4.69) is 15.9 Å². The highest BCUT2D eigenvalue weighted by molar-refractivity contribution is 9.10. The van der Waals surface area contributed by atoms with E-state index >= 15 is 0 Å². The van der Waals surface area contributed by atoms with Crippen LogP contribution in [0.15, 0.2) is 22.7 Å². The van der Waals surface area contributed by atoms with Crippen LogP contribution >= 0.6 is 15.9 Å². The third-order valence-corrected chi connectivity index (χ3v) is 3.31. The summed E-state index contributed by atoms with van der Waals surface area (Å²) in [6.07, 6.45) is 0.758. The van der Waals surface area contributed by atoms with E-state index in [0.29, 0.717) is 24.5 Å². The largest absolute Gasteiger partial charge is 0.484 e. The number of benzene rings is 1. The summed E-state index contributed by atoms with van der Waals surface area (Å²) in [4.78, 5) is 11.8. The van der Waals surface area contributed by atoms with Gasteiger partial charge in [0, 0.05) is 17.0 Å². The lowest BCUT2D eigenvalue weighted by molar-refractivity contribution is -0.124. The Morgan fingerprint density at radius 1 is 1.61 bits per heavy atom. The van der Waals surface area contributed by atoms with Crippen molar-refractivity contribution in [2.75, 3.05) is 19.8 Å². The van der Waals surface area contributed by atoms with Gasteiger partial charge in [0.2, 0.25) is 0 Å². The van der Waals surface area contributed by atoms with Crippen LogP contribution in [0.25, 0.3) is 0 Å². The van der Waals surface area contributed by atoms with Crippen molar-refractivity contribution in [2.45, 2.75) is 6.42 Å². The highest BCUT2D eigenvalue weighted by Crippen LogP contribution is 2.23. The van der Waals surface area contributed by atoms with Crippen molar-refractivity contribution in [3.63, 3.8) is 0 Å². The third-order valence-electron chi connectivity index (χ3n) is 2.82. The quantitative estimate of drug-likeness (QED) is 0.856. The van der Waals surface area contributed by atoms with Crippen LogP contribution < -0.4 is 4.74 Å². The number of hydrogen-bond acceptors (Lipinski definition) is 4. The molecule has 0 bridgehead atoms. The molecule has 1 heterocycles. The number of ether oxygens (including phenoxy) is 2. The van der Waals surface area contributed by atoms with E-state index in [1.54, 1.807) is 18.2 Å². The Bertz CT molecular complexity index is 489. The Morgan fingerprint density at radius 3 is 3.11 bits per heavy atom. The van der Waals surface area contributed by atoms with Gasteiger partial charge in [-0.3, -0.25) is 4.79 Å². The highest BCUT2D eigenvalue weighted by Gasteiger charge is 2.23. The second kappa shape index (κ2) is 5.98. The average molecular weight is 310 g/mol. The van der Waals surface area contributed by atoms with Crippen LogP contribution in [0.5, 0.6) is 5.75 Å². The van der Waals surface area contributed by atoms with Crippen molar-refractivity contribution in [3.8, 4) is 11.8 Å². The fourth-order valence-electron chi connectivity index (χ4n) is 1.77. The van der Waals surface area contributed by atoms with Gasteiger partial charge in [-0.15, -0.1) is 0 Å². The monoisotopic (exact) mass is 309 g/mol. The van der Waals surface area contributed by atoms with Gasteiger partial charge in [0.25, 0.3) is 0 Å². The first-order chi connectivity index (χ1) is 8.70. The van der Waals surface area contributed by atoms with E-state index in [4.69, 9.17) is 14.7 Å². The van der Waals surface area contributed by atoms with Gasteiger partial charge in [0.15, 0.2) is 5.78 Å². The lowest BCUT2D eigenvalue weighted by atomic mass is 10.0. The number of rotatable bonds is 4. The second-order valence-corrected chi connectivity index (χ2v) is 4.98. The predicted molar refractivity (Wildman–Crippen MR) is 68.3 cm³/mol. The molecule has 18 heavy (non-hydrogen) atoms. The van der Waals surface area contributed by atoms with Crippen LogP contribution in [-0.4, -0.2) is 25.6 Å². The van der Waals surface area contributed by atoms with Gasteiger partial charge in [0.1, 0.15) is 18.4 Å². The summed E-state index contributed by atoms with van der Waals surface area (Å²) in [5.41, 5.74) is 0.417. The molecule has 94 valence electrons. The molecule has 0 amide bonds. The number of hydrogen-bond donors (Lipinski definition) is 0. The molecule has 1 aromatic rings. The lowest BCUT2D eigenvalue weighted by Crippen LogP contribution is -2.21. The zero-order valence-corrected chi connectivity index (χ0v) is 11.3. The topological polar surface area (TPSA) is 59.3 Å². The molecular formula is C13H12BrNO3. The second-order valence-electron chi connectivity index (χ2n) is 4.07. The van der Waals surface area contributed by atoms with Crippen LogP contribution in [0.1, 0.15) is 12.0 Å². The summed E-state index contributed by atoms with van der Waals surface area (Å²) in [6, 6.07) is 7.16. The van der Waals surface area contributed by atoms with Crippen LogP contribution in [0.3, 0.4) is 0 Å². The maximum atomic E-state index is 11.8. The fraction of sp³-hybridized carbons (Fsp3) is 0.385. The number of Topliss-reactive ketones (excluding diaryl/α,β-unsaturated/α-hetero) is 1. The van der Waals surface area contributed by atoms with Gasteiger partial charge < -0.3 is 9.47 Å². The van der Waals surface area contributed by atoms with Gasteiger partial charge in [-0.1, -0.05) is 15.9 Å². The summed E-state index contributed by atoms with van der Waals surface area (Å²) in [6.45, 7) is 1.11. The van der Waals surface area contributed by atoms with Gasteiger partial charge in [-0.2, -0.15) is 5.26 Å². The molecule has 0 saturated carbocycles. The maximum absolute atomic E-state index is 11.8. The van der Waals surface area contributed by atoms with Crippen LogP contribution in [0.4, 0.5) is 0 Å². The molecular weight excluding hydrogens is 298 g/mol. The molecule has 1 aliphatic heterocycles. The van der Waals surface area contributed by atoms with Crippen LogP contribution in [-0.2, 0) is 9.53 Å². The highest BCUT2D eigenvalue weighted by atomic mass is 79.9. The molecule has 2 rings (SSSR count). The van der Waals surface area contributed by atoms with E-state index in [0.717, 1.165) is 10.9 Å². The van der Waals surface area contributed by atoms with Crippen LogP contribution in [0, 0.1) is 17.2 Å². The Labute approximate surface area is 114 Å². The van der Waals surface area contributed by atoms with Gasteiger partial charge in [-0.05, 0) is 24.6 Å². The molecule has 1 atom stereocenters. The Hall–Kier alpha value is -1.38. The van der Waals surface area contributed by atoms with E-state index in [1.807, 2.05) is 6.07 Å². The lowest BCUT2D eigenvalue weighted by Gasteiger charge is -2.10. The maximum Gasteiger partial charge on any atom is 0.175 e. The molecule has 1 saturated heterocycles. The van der Waals surface area contributed by atoms with Gasteiger partial charge in [0.05, 0.1) is 12.2 Å². The average Bonchev–Trinajstić information content (AvgIpc) is 2.90. The Balaban J connectivity index is 1.97. The minimum atomic E-state index is -0.0639. The standard InChI is InChI=1S/C13H12BrNO3/c14-11-1-2-13(10(5-11)6-15)18-8-12(16)9-3-4-17-7-9/h1-2,5,9H,3-4,7-8H2. The normalized spacial score (nSPS) is 18.3. The molecule has 0 aromatic heterocycles. The molecule has 1 fully saturated rings. The SMILES string of the molecule is N#Cc1cc(Br)ccc1OCC(=O)C1CCOC1. The number of carbonyl (C=O) groups excluding carboxylic acids is 1. The van der Waals surface area contributed by atoms with Crippen molar-refractivity contribution in [1.29, 1.82) is 5.26 Å². The van der Waals surface area contributed by atoms with Crippen molar-refractivity contribution in [1.82, 2.24) is 0 Å². The molecule has 0 N–H and O–H groups in total. The fourth-order valence-corrected chi connectivity index (χ4v) is 2.13. The van der Waals surface area contributed by atoms with E-state index < -0.39 is 0 Å². The third kappa shape index (κ3) is 3.09. The van der Waals surface area contributed by atoms with Crippen molar-refractivity contribution in [3.05, 3.63) is 28.2 Å². The summed E-state index contributed by atoms with van der Waals surface area (Å²) < 4.78 is 11.4. The first-order valence-corrected chi connectivity index (χ1v) is 6.43.